The molecule has 0 saturated carbocycles. The van der Waals surface area contributed by atoms with Crippen LogP contribution >= 0.6 is 11.6 Å². The third kappa shape index (κ3) is 3.18. The molecule has 8 heteroatoms. The van der Waals surface area contributed by atoms with Gasteiger partial charge in [-0.2, -0.15) is 4.57 Å². The predicted molar refractivity (Wildman–Crippen MR) is 132 cm³/mol. The van der Waals surface area contributed by atoms with E-state index >= 15 is 0 Å². The van der Waals surface area contributed by atoms with Crippen molar-refractivity contribution in [2.45, 2.75) is 13.0 Å². The fourth-order valence-corrected chi connectivity index (χ4v) is 5.49. The molecule has 0 bridgehead atoms. The lowest BCUT2D eigenvalue weighted by atomic mass is 9.93. The van der Waals surface area contributed by atoms with Crippen molar-refractivity contribution in [3.8, 4) is 23.0 Å². The van der Waals surface area contributed by atoms with E-state index in [-0.39, 0.29) is 19.2 Å². The highest BCUT2D eigenvalue weighted by atomic mass is 35.5. The number of nitrogens with zero attached hydrogens (tertiary/aromatic N) is 1. The summed E-state index contributed by atoms with van der Waals surface area (Å²) in [6.45, 7) is 1.02. The average Bonchev–Trinajstić information content (AvgIpc) is 3.36. The van der Waals surface area contributed by atoms with E-state index in [2.05, 4.69) is 22.8 Å². The van der Waals surface area contributed by atoms with Crippen LogP contribution in [0.4, 0.5) is 0 Å². The molecule has 7 rings (SSSR count). The molecule has 0 saturated heterocycles. The van der Waals surface area contributed by atoms with Gasteiger partial charge in [-0.05, 0) is 48.0 Å². The summed E-state index contributed by atoms with van der Waals surface area (Å²) >= 11 is 6.25. The van der Waals surface area contributed by atoms with E-state index in [1.165, 1.54) is 10.9 Å². The Kier molecular flexibility index (Phi) is 5.32. The molecule has 0 atom stereocenters. The number of esters is 1. The number of methoxy groups -OCH3 is 1. The smallest absolute Gasteiger partial charge is 0.345 e. The number of hydrogen-bond donors (Lipinski definition) is 0. The maximum atomic E-state index is 13.1. The maximum Gasteiger partial charge on any atom is 0.345 e. The molecule has 4 aromatic carbocycles. The Morgan fingerprint density at radius 2 is 1.81 bits per heavy atom. The van der Waals surface area contributed by atoms with E-state index < -0.39 is 5.97 Å². The van der Waals surface area contributed by atoms with Crippen molar-refractivity contribution in [1.29, 1.82) is 0 Å². The van der Waals surface area contributed by atoms with Crippen LogP contribution in [0.2, 0.25) is 5.02 Å². The highest BCUT2D eigenvalue weighted by molar-refractivity contribution is 6.33. The largest absolute Gasteiger partial charge is 1.00 e. The van der Waals surface area contributed by atoms with Crippen LogP contribution < -0.4 is 35.9 Å². The molecular weight excluding hydrogens is 501 g/mol. The van der Waals surface area contributed by atoms with Crippen molar-refractivity contribution in [2.24, 2.45) is 0 Å². The van der Waals surface area contributed by atoms with Crippen LogP contribution in [0.3, 0.4) is 0 Å². The number of halogens is 2. The number of benzene rings is 4. The lowest BCUT2D eigenvalue weighted by molar-refractivity contribution is -0.670. The summed E-state index contributed by atoms with van der Waals surface area (Å²) in [6, 6.07) is 17.0. The van der Waals surface area contributed by atoms with Crippen LogP contribution in [0, 0.1) is 0 Å². The molecule has 0 radical (unpaired) electrons. The second-order valence-electron chi connectivity index (χ2n) is 8.65. The van der Waals surface area contributed by atoms with Gasteiger partial charge in [-0.15, -0.1) is 0 Å². The standard InChI is InChI=1S/C28H19ClNO5.ClH/c1-32-22-9-8-16-17-6-7-19-24-15(12-23-26(19)34-14-33-23)10-11-30(25(17)24)13-20(16)27(22)35-28(31)18-4-2-3-5-21(18)29;/h2-9,12-13H,10-11,14H2,1H3;1H/q+1;/p-1. The average molecular weight is 520 g/mol. The molecule has 0 aliphatic carbocycles. The number of ether oxygens (including phenoxy) is 4. The van der Waals surface area contributed by atoms with Crippen LogP contribution in [0.1, 0.15) is 15.9 Å². The molecule has 0 N–H and O–H groups in total. The minimum Gasteiger partial charge on any atom is -1.00 e. The molecule has 36 heavy (non-hydrogen) atoms. The molecule has 0 amide bonds. The normalized spacial score (nSPS) is 13.3. The molecule has 1 aromatic heterocycles. The summed E-state index contributed by atoms with van der Waals surface area (Å²) in [7, 11) is 1.56. The Morgan fingerprint density at radius 3 is 2.64 bits per heavy atom. The van der Waals surface area contributed by atoms with Crippen molar-refractivity contribution < 1.29 is 40.7 Å². The van der Waals surface area contributed by atoms with Gasteiger partial charge in [0.05, 0.1) is 33.9 Å². The second-order valence-corrected chi connectivity index (χ2v) is 9.06. The van der Waals surface area contributed by atoms with Gasteiger partial charge in [-0.3, -0.25) is 0 Å². The van der Waals surface area contributed by atoms with Crippen molar-refractivity contribution in [3.63, 3.8) is 0 Å². The number of aryl methyl sites for hydroxylation is 2. The number of hydrogen-bond acceptors (Lipinski definition) is 5. The van der Waals surface area contributed by atoms with Gasteiger partial charge in [0.1, 0.15) is 0 Å². The molecule has 3 heterocycles. The summed E-state index contributed by atoms with van der Waals surface area (Å²) in [5.74, 6) is 1.92. The van der Waals surface area contributed by atoms with E-state index in [0.29, 0.717) is 22.1 Å². The number of fused-ring (bicyclic) bond motifs is 4. The van der Waals surface area contributed by atoms with Gasteiger partial charge in [0.25, 0.3) is 0 Å². The molecule has 0 unspecified atom stereocenters. The molecule has 2 aliphatic heterocycles. The van der Waals surface area contributed by atoms with Gasteiger partial charge in [0.15, 0.2) is 35.7 Å². The van der Waals surface area contributed by atoms with E-state index in [4.69, 9.17) is 30.5 Å². The van der Waals surface area contributed by atoms with Crippen molar-refractivity contribution in [2.75, 3.05) is 13.9 Å². The summed E-state index contributed by atoms with van der Waals surface area (Å²) in [5, 5.41) is 5.38. The van der Waals surface area contributed by atoms with Crippen LogP contribution in [-0.4, -0.2) is 19.9 Å². The van der Waals surface area contributed by atoms with Crippen LogP contribution in [-0.2, 0) is 13.0 Å². The van der Waals surface area contributed by atoms with E-state index in [1.807, 2.05) is 18.3 Å². The minimum atomic E-state index is -0.534. The molecule has 0 fully saturated rings. The second kappa shape index (κ2) is 8.43. The highest BCUT2D eigenvalue weighted by Gasteiger charge is 2.30. The van der Waals surface area contributed by atoms with Crippen molar-refractivity contribution >= 4 is 50.0 Å². The first-order valence-corrected chi connectivity index (χ1v) is 11.7. The van der Waals surface area contributed by atoms with E-state index in [1.54, 1.807) is 31.4 Å². The SMILES string of the molecule is COc1ccc2c(c[n+]3c4c2ccc2c5c(cc(c24)CC3)OCO5)c1OC(=O)c1ccccc1Cl.[Cl-]. The first-order chi connectivity index (χ1) is 17.1. The Labute approximate surface area is 217 Å². The minimum absolute atomic E-state index is 0. The number of rotatable bonds is 3. The Hall–Kier alpha value is -3.74. The van der Waals surface area contributed by atoms with Crippen molar-refractivity contribution in [1.82, 2.24) is 0 Å². The van der Waals surface area contributed by atoms with Gasteiger partial charge in [0.2, 0.25) is 12.3 Å². The summed E-state index contributed by atoms with van der Waals surface area (Å²) < 4.78 is 25.2. The maximum absolute atomic E-state index is 13.1. The monoisotopic (exact) mass is 519 g/mol. The zero-order chi connectivity index (χ0) is 23.7. The van der Waals surface area contributed by atoms with E-state index in [9.17, 15) is 4.79 Å². The fraction of sp³-hybridized carbons (Fsp3) is 0.143. The van der Waals surface area contributed by atoms with Gasteiger partial charge < -0.3 is 31.4 Å². The first kappa shape index (κ1) is 22.7. The quantitative estimate of drug-likeness (QED) is 0.159. The van der Waals surface area contributed by atoms with Gasteiger partial charge in [0, 0.05) is 17.2 Å². The number of carbonyl (C=O) groups is 1. The topological polar surface area (TPSA) is 57.9 Å². The molecule has 180 valence electrons. The van der Waals surface area contributed by atoms with E-state index in [0.717, 1.165) is 51.5 Å². The molecular formula is C28H19Cl2NO5. The van der Waals surface area contributed by atoms with Gasteiger partial charge >= 0.3 is 5.97 Å². The predicted octanol–water partition coefficient (Wildman–Crippen LogP) is 2.60. The van der Waals surface area contributed by atoms with Crippen LogP contribution in [0.5, 0.6) is 23.0 Å². The molecule has 0 spiro atoms. The number of carbonyl (C=O) groups excluding carboxylic acids is 1. The third-order valence-corrected chi connectivity index (χ3v) is 7.17. The van der Waals surface area contributed by atoms with Crippen molar-refractivity contribution in [3.05, 3.63) is 76.9 Å². The Bertz CT molecular complexity index is 1730. The van der Waals surface area contributed by atoms with Gasteiger partial charge in [-0.25, -0.2) is 4.79 Å². The molecule has 2 aliphatic rings. The number of aromatic nitrogens is 1. The first-order valence-electron chi connectivity index (χ1n) is 11.3. The zero-order valence-electron chi connectivity index (χ0n) is 19.1. The third-order valence-electron chi connectivity index (χ3n) is 6.84. The van der Waals surface area contributed by atoms with Crippen LogP contribution in [0.25, 0.3) is 32.4 Å². The summed E-state index contributed by atoms with van der Waals surface area (Å²) in [5.41, 5.74) is 2.67. The highest BCUT2D eigenvalue weighted by Crippen LogP contribution is 2.46. The van der Waals surface area contributed by atoms with Gasteiger partial charge in [-0.1, -0.05) is 23.7 Å². The lowest BCUT2D eigenvalue weighted by Gasteiger charge is -2.18. The fourth-order valence-electron chi connectivity index (χ4n) is 5.28. The molecule has 5 aromatic rings. The number of pyridine rings is 1. The van der Waals surface area contributed by atoms with Crippen LogP contribution in [0.15, 0.2) is 60.8 Å². The molecule has 6 nitrogen and oxygen atoms in total. The lowest BCUT2D eigenvalue weighted by Crippen LogP contribution is -3.00. The summed E-state index contributed by atoms with van der Waals surface area (Å²) in [4.78, 5) is 13.1. The Morgan fingerprint density at radius 1 is 1.00 bits per heavy atom. The Balaban J connectivity index is 0.00000240. The zero-order valence-corrected chi connectivity index (χ0v) is 20.7. The summed E-state index contributed by atoms with van der Waals surface area (Å²) in [6.07, 6.45) is 2.90.